The molecule has 0 atom stereocenters. The van der Waals surface area contributed by atoms with Crippen LogP contribution in [0, 0.1) is 0 Å². The molecule has 210 valence electrons. The number of benzene rings is 3. The fourth-order valence-electron chi connectivity index (χ4n) is 6.53. The van der Waals surface area contributed by atoms with Crippen molar-refractivity contribution in [2.75, 3.05) is 42.5 Å². The molecule has 2 heterocycles. The third-order valence-corrected chi connectivity index (χ3v) is 10.6. The molecule has 0 N–H and O–H groups in total. The summed E-state index contributed by atoms with van der Waals surface area (Å²) in [6.45, 7) is 4.28. The summed E-state index contributed by atoms with van der Waals surface area (Å²) in [5, 5.41) is 0.517. The van der Waals surface area contributed by atoms with Gasteiger partial charge in [0.15, 0.2) is 0 Å². The van der Waals surface area contributed by atoms with Gasteiger partial charge in [0.05, 0.1) is 28.8 Å². The van der Waals surface area contributed by atoms with Crippen molar-refractivity contribution in [2.24, 2.45) is 0 Å². The lowest BCUT2D eigenvalue weighted by atomic mass is 9.70. The SMILES string of the molecule is COc1ccccc1N1CCN(Cc2ccc(S(=O)(=O)N3C(=O)C4(CCCCC4)c4cc(Cl)ccc43)cc2)CC1. The van der Waals surface area contributed by atoms with Crippen LogP contribution in [0.3, 0.4) is 0 Å². The van der Waals surface area contributed by atoms with Gasteiger partial charge in [0.1, 0.15) is 5.75 Å². The van der Waals surface area contributed by atoms with E-state index in [1.165, 1.54) is 0 Å². The topological polar surface area (TPSA) is 70.2 Å². The van der Waals surface area contributed by atoms with Crippen LogP contribution >= 0.6 is 11.6 Å². The van der Waals surface area contributed by atoms with Gasteiger partial charge in [-0.1, -0.05) is 55.1 Å². The van der Waals surface area contributed by atoms with Crippen molar-refractivity contribution in [2.45, 2.75) is 49.0 Å². The van der Waals surface area contributed by atoms with E-state index in [9.17, 15) is 13.2 Å². The molecule has 6 rings (SSSR count). The molecule has 3 aliphatic rings. The van der Waals surface area contributed by atoms with E-state index in [0.717, 1.165) is 78.9 Å². The summed E-state index contributed by atoms with van der Waals surface area (Å²) in [7, 11) is -2.38. The van der Waals surface area contributed by atoms with Crippen LogP contribution in [0.15, 0.2) is 71.6 Å². The molecule has 1 saturated carbocycles. The standard InChI is InChI=1S/C31H34ClN3O4S/c1-39-29-8-4-3-7-28(29)34-19-17-33(18-20-34)22-23-9-12-25(13-10-23)40(37,38)35-27-14-11-24(32)21-26(27)31(30(35)36)15-5-2-6-16-31/h3-4,7-14,21H,2,5-6,15-20,22H2,1H3. The van der Waals surface area contributed by atoms with Crippen molar-refractivity contribution >= 4 is 38.9 Å². The van der Waals surface area contributed by atoms with E-state index in [0.29, 0.717) is 23.6 Å². The second kappa shape index (κ2) is 10.7. The van der Waals surface area contributed by atoms with E-state index < -0.39 is 15.4 Å². The number of hydrogen-bond donors (Lipinski definition) is 0. The number of fused-ring (bicyclic) bond motifs is 2. The lowest BCUT2D eigenvalue weighted by molar-refractivity contribution is -0.123. The van der Waals surface area contributed by atoms with E-state index in [1.54, 1.807) is 37.4 Å². The van der Waals surface area contributed by atoms with Gasteiger partial charge in [-0.3, -0.25) is 9.69 Å². The second-order valence-electron chi connectivity index (χ2n) is 11.0. The first-order valence-electron chi connectivity index (χ1n) is 13.9. The number of methoxy groups -OCH3 is 1. The Morgan fingerprint density at radius 2 is 1.57 bits per heavy atom. The minimum Gasteiger partial charge on any atom is -0.495 e. The molecule has 2 aliphatic heterocycles. The van der Waals surface area contributed by atoms with Crippen LogP contribution in [0.25, 0.3) is 0 Å². The zero-order valence-corrected chi connectivity index (χ0v) is 24.3. The Morgan fingerprint density at radius 3 is 2.27 bits per heavy atom. The molecule has 2 fully saturated rings. The number of halogens is 1. The van der Waals surface area contributed by atoms with Crippen LogP contribution < -0.4 is 13.9 Å². The zero-order valence-electron chi connectivity index (χ0n) is 22.7. The number of nitrogens with zero attached hydrogens (tertiary/aromatic N) is 3. The number of piperazine rings is 1. The smallest absolute Gasteiger partial charge is 0.270 e. The molecule has 1 aliphatic carbocycles. The van der Waals surface area contributed by atoms with Crippen molar-refractivity contribution in [3.8, 4) is 5.75 Å². The van der Waals surface area contributed by atoms with E-state index in [4.69, 9.17) is 16.3 Å². The third kappa shape index (κ3) is 4.66. The highest BCUT2D eigenvalue weighted by molar-refractivity contribution is 7.93. The third-order valence-electron chi connectivity index (χ3n) is 8.66. The number of anilines is 2. The van der Waals surface area contributed by atoms with Crippen LogP contribution in [0.5, 0.6) is 5.75 Å². The van der Waals surface area contributed by atoms with E-state index in [-0.39, 0.29) is 10.8 Å². The molecular formula is C31H34ClN3O4S. The van der Waals surface area contributed by atoms with E-state index in [2.05, 4.69) is 15.9 Å². The average Bonchev–Trinajstić information content (AvgIpc) is 3.21. The normalized spacial score (nSPS) is 19.2. The van der Waals surface area contributed by atoms with Crippen LogP contribution in [-0.2, 0) is 26.8 Å². The van der Waals surface area contributed by atoms with Gasteiger partial charge in [0.25, 0.3) is 15.9 Å². The molecule has 40 heavy (non-hydrogen) atoms. The number of carbonyl (C=O) groups is 1. The van der Waals surface area contributed by atoms with Crippen LogP contribution in [0.4, 0.5) is 11.4 Å². The molecule has 0 aromatic heterocycles. The predicted octanol–water partition coefficient (Wildman–Crippen LogP) is 5.61. The van der Waals surface area contributed by atoms with Gasteiger partial charge >= 0.3 is 0 Å². The molecular weight excluding hydrogens is 546 g/mol. The monoisotopic (exact) mass is 579 g/mol. The Morgan fingerprint density at radius 1 is 0.875 bits per heavy atom. The van der Waals surface area contributed by atoms with Crippen LogP contribution in [0.2, 0.25) is 5.02 Å². The van der Waals surface area contributed by atoms with E-state index >= 15 is 0 Å². The average molecular weight is 580 g/mol. The zero-order chi connectivity index (χ0) is 27.9. The minimum absolute atomic E-state index is 0.124. The number of carbonyl (C=O) groups excluding carboxylic acids is 1. The largest absolute Gasteiger partial charge is 0.495 e. The lowest BCUT2D eigenvalue weighted by Gasteiger charge is -2.36. The molecule has 3 aromatic carbocycles. The lowest BCUT2D eigenvalue weighted by Crippen LogP contribution is -2.46. The summed E-state index contributed by atoms with van der Waals surface area (Å²) in [5.74, 6) is 0.533. The highest BCUT2D eigenvalue weighted by Crippen LogP contribution is 2.52. The van der Waals surface area contributed by atoms with E-state index in [1.807, 2.05) is 30.3 Å². The van der Waals surface area contributed by atoms with Gasteiger partial charge in [-0.05, 0) is 66.4 Å². The Labute approximate surface area is 241 Å². The van der Waals surface area contributed by atoms with Gasteiger partial charge in [0.2, 0.25) is 0 Å². The van der Waals surface area contributed by atoms with Crippen molar-refractivity contribution in [3.63, 3.8) is 0 Å². The fraction of sp³-hybridized carbons (Fsp3) is 0.387. The number of ether oxygens (including phenoxy) is 1. The maximum Gasteiger partial charge on any atom is 0.270 e. The van der Waals surface area contributed by atoms with Crippen molar-refractivity contribution < 1.29 is 17.9 Å². The van der Waals surface area contributed by atoms with Gasteiger partial charge in [-0.25, -0.2) is 12.7 Å². The predicted molar refractivity (Wildman–Crippen MR) is 158 cm³/mol. The molecule has 0 radical (unpaired) electrons. The van der Waals surface area contributed by atoms with Crippen LogP contribution in [0.1, 0.15) is 43.2 Å². The number of para-hydroxylation sites is 2. The minimum atomic E-state index is -4.08. The molecule has 1 amide bonds. The molecule has 1 spiro atoms. The van der Waals surface area contributed by atoms with Crippen molar-refractivity contribution in [1.29, 1.82) is 0 Å². The van der Waals surface area contributed by atoms with Crippen molar-refractivity contribution in [1.82, 2.24) is 4.90 Å². The maximum absolute atomic E-state index is 13.9. The summed E-state index contributed by atoms with van der Waals surface area (Å²) in [5.41, 5.74) is 2.52. The molecule has 7 nitrogen and oxygen atoms in total. The number of sulfonamides is 1. The van der Waals surface area contributed by atoms with Gasteiger partial charge in [0, 0.05) is 37.7 Å². The van der Waals surface area contributed by atoms with Gasteiger partial charge < -0.3 is 9.64 Å². The first-order valence-corrected chi connectivity index (χ1v) is 15.7. The summed E-state index contributed by atoms with van der Waals surface area (Å²) < 4.78 is 34.3. The number of hydrogen-bond acceptors (Lipinski definition) is 6. The second-order valence-corrected chi connectivity index (χ2v) is 13.2. The molecule has 9 heteroatoms. The Kier molecular flexibility index (Phi) is 7.27. The van der Waals surface area contributed by atoms with Crippen LogP contribution in [-0.4, -0.2) is 52.5 Å². The summed E-state index contributed by atoms with van der Waals surface area (Å²) >= 11 is 6.31. The summed E-state index contributed by atoms with van der Waals surface area (Å²) in [6.07, 6.45) is 4.14. The first-order chi connectivity index (χ1) is 19.3. The Balaban J connectivity index is 1.17. The maximum atomic E-state index is 13.9. The number of amides is 1. The molecule has 0 bridgehead atoms. The molecule has 0 unspecified atom stereocenters. The first kappa shape index (κ1) is 27.1. The Bertz CT molecular complexity index is 1510. The van der Waals surface area contributed by atoms with Gasteiger partial charge in [-0.2, -0.15) is 0 Å². The summed E-state index contributed by atoms with van der Waals surface area (Å²) in [6, 6.07) is 20.2. The fourth-order valence-corrected chi connectivity index (χ4v) is 8.21. The number of rotatable bonds is 6. The van der Waals surface area contributed by atoms with Crippen molar-refractivity contribution in [3.05, 3.63) is 82.9 Å². The molecule has 1 saturated heterocycles. The quantitative estimate of drug-likeness (QED) is 0.378. The molecule has 3 aromatic rings. The highest BCUT2D eigenvalue weighted by Gasteiger charge is 2.54. The Hall–Kier alpha value is -3.07. The van der Waals surface area contributed by atoms with Gasteiger partial charge in [-0.15, -0.1) is 0 Å². The highest BCUT2D eigenvalue weighted by atomic mass is 35.5. The summed E-state index contributed by atoms with van der Waals surface area (Å²) in [4.78, 5) is 18.7.